The molecule has 170 valence electrons. The number of piperidine rings is 1. The second-order valence-corrected chi connectivity index (χ2v) is 8.19. The number of ether oxygens (including phenoxy) is 2. The maximum atomic E-state index is 12.6. The number of benzene rings is 2. The van der Waals surface area contributed by atoms with Gasteiger partial charge in [-0.3, -0.25) is 14.4 Å². The zero-order chi connectivity index (χ0) is 23.3. The fraction of sp³-hybridized carbons (Fsp3) is 0.400. The number of carbonyl (C=O) groups is 3. The Hall–Kier alpha value is -3.35. The molecule has 7 nitrogen and oxygen atoms in total. The molecule has 1 N–H and O–H groups in total. The highest BCUT2D eigenvalue weighted by Gasteiger charge is 2.25. The van der Waals surface area contributed by atoms with Gasteiger partial charge in [0.2, 0.25) is 0 Å². The summed E-state index contributed by atoms with van der Waals surface area (Å²) in [5.74, 6) is 0.402. The Morgan fingerprint density at radius 1 is 1.03 bits per heavy atom. The zero-order valence-corrected chi connectivity index (χ0v) is 19.1. The number of likely N-dealkylation sites (tertiary alicyclic amines) is 1. The number of aryl methyl sites for hydroxylation is 2. The highest BCUT2D eigenvalue weighted by molar-refractivity contribution is 5.95. The van der Waals surface area contributed by atoms with Crippen LogP contribution in [0.25, 0.3) is 0 Å². The second kappa shape index (κ2) is 10.3. The lowest BCUT2D eigenvalue weighted by Crippen LogP contribution is -2.47. The molecule has 2 aromatic rings. The van der Waals surface area contributed by atoms with Gasteiger partial charge in [0.15, 0.2) is 6.61 Å². The van der Waals surface area contributed by atoms with Crippen molar-refractivity contribution >= 4 is 17.8 Å². The largest absolute Gasteiger partial charge is 0.483 e. The van der Waals surface area contributed by atoms with Crippen LogP contribution in [0.5, 0.6) is 11.5 Å². The van der Waals surface area contributed by atoms with Gasteiger partial charge in [-0.15, -0.1) is 0 Å². The molecular formula is C25H30N2O5. The Balaban J connectivity index is 1.49. The summed E-state index contributed by atoms with van der Waals surface area (Å²) in [5, 5.41) is 3.01. The first-order chi connectivity index (χ1) is 15.2. The van der Waals surface area contributed by atoms with Crippen LogP contribution in [-0.2, 0) is 9.59 Å². The van der Waals surface area contributed by atoms with Gasteiger partial charge < -0.3 is 19.7 Å². The molecule has 2 amide bonds. The Kier molecular flexibility index (Phi) is 7.51. The van der Waals surface area contributed by atoms with Crippen molar-refractivity contribution in [3.8, 4) is 11.5 Å². The average Bonchev–Trinajstić information content (AvgIpc) is 2.76. The molecule has 32 heavy (non-hydrogen) atoms. The third kappa shape index (κ3) is 5.87. The SMILES string of the molecule is CC(=O)Oc1cccc(C(=O)NC2CCN(C(=O)COc3c(C)ccc(C)c3C)CC2)c1. The van der Waals surface area contributed by atoms with Crippen LogP contribution in [0.3, 0.4) is 0 Å². The van der Waals surface area contributed by atoms with Crippen molar-refractivity contribution in [3.63, 3.8) is 0 Å². The van der Waals surface area contributed by atoms with E-state index in [0.717, 1.165) is 22.4 Å². The van der Waals surface area contributed by atoms with E-state index in [-0.39, 0.29) is 24.5 Å². The van der Waals surface area contributed by atoms with Gasteiger partial charge >= 0.3 is 5.97 Å². The van der Waals surface area contributed by atoms with E-state index in [1.807, 2.05) is 32.9 Å². The Bertz CT molecular complexity index is 1010. The fourth-order valence-corrected chi connectivity index (χ4v) is 3.78. The molecule has 7 heteroatoms. The lowest BCUT2D eigenvalue weighted by atomic mass is 10.0. The van der Waals surface area contributed by atoms with E-state index in [1.165, 1.54) is 6.92 Å². The number of rotatable bonds is 6. The first kappa shape index (κ1) is 23.3. The summed E-state index contributed by atoms with van der Waals surface area (Å²) < 4.78 is 10.9. The number of esters is 1. The van der Waals surface area contributed by atoms with Gasteiger partial charge in [0, 0.05) is 31.6 Å². The minimum atomic E-state index is -0.434. The van der Waals surface area contributed by atoms with Crippen LogP contribution in [0, 0.1) is 20.8 Å². The van der Waals surface area contributed by atoms with E-state index in [4.69, 9.17) is 9.47 Å². The smallest absolute Gasteiger partial charge is 0.308 e. The quantitative estimate of drug-likeness (QED) is 0.552. The molecule has 3 rings (SSSR count). The van der Waals surface area contributed by atoms with Crippen LogP contribution < -0.4 is 14.8 Å². The van der Waals surface area contributed by atoms with E-state index < -0.39 is 5.97 Å². The molecule has 1 heterocycles. The van der Waals surface area contributed by atoms with E-state index in [9.17, 15) is 14.4 Å². The fourth-order valence-electron chi connectivity index (χ4n) is 3.78. The van der Waals surface area contributed by atoms with Crippen LogP contribution in [0.2, 0.25) is 0 Å². The lowest BCUT2D eigenvalue weighted by Gasteiger charge is -2.32. The minimum Gasteiger partial charge on any atom is -0.483 e. The average molecular weight is 439 g/mol. The summed E-state index contributed by atoms with van der Waals surface area (Å²) in [6.45, 7) is 8.44. The highest BCUT2D eigenvalue weighted by Crippen LogP contribution is 2.26. The molecule has 0 spiro atoms. The lowest BCUT2D eigenvalue weighted by molar-refractivity contribution is -0.134. The first-order valence-electron chi connectivity index (χ1n) is 10.8. The summed E-state index contributed by atoms with van der Waals surface area (Å²) in [4.78, 5) is 38.1. The van der Waals surface area contributed by atoms with Crippen molar-refractivity contribution in [1.29, 1.82) is 0 Å². The van der Waals surface area contributed by atoms with Crippen molar-refractivity contribution in [2.75, 3.05) is 19.7 Å². The number of nitrogens with zero attached hydrogens (tertiary/aromatic N) is 1. The van der Waals surface area contributed by atoms with Gasteiger partial charge in [0.05, 0.1) is 0 Å². The number of hydrogen-bond acceptors (Lipinski definition) is 5. The van der Waals surface area contributed by atoms with Crippen molar-refractivity contribution in [2.24, 2.45) is 0 Å². The van der Waals surface area contributed by atoms with Crippen molar-refractivity contribution in [3.05, 3.63) is 58.7 Å². The number of carbonyl (C=O) groups excluding carboxylic acids is 3. The summed E-state index contributed by atoms with van der Waals surface area (Å²) >= 11 is 0. The van der Waals surface area contributed by atoms with E-state index >= 15 is 0 Å². The number of amides is 2. The van der Waals surface area contributed by atoms with Gasteiger partial charge in [0.25, 0.3) is 11.8 Å². The van der Waals surface area contributed by atoms with E-state index in [2.05, 4.69) is 5.32 Å². The van der Waals surface area contributed by atoms with Gasteiger partial charge in [-0.05, 0) is 68.5 Å². The molecule has 0 atom stereocenters. The molecule has 1 aliphatic heterocycles. The maximum Gasteiger partial charge on any atom is 0.308 e. The van der Waals surface area contributed by atoms with Gasteiger partial charge in [-0.25, -0.2) is 0 Å². The molecular weight excluding hydrogens is 408 g/mol. The van der Waals surface area contributed by atoms with Gasteiger partial charge in [-0.1, -0.05) is 18.2 Å². The first-order valence-corrected chi connectivity index (χ1v) is 10.8. The predicted octanol–water partition coefficient (Wildman–Crippen LogP) is 3.34. The molecule has 1 aliphatic rings. The van der Waals surface area contributed by atoms with Crippen molar-refractivity contribution < 1.29 is 23.9 Å². The summed E-state index contributed by atoms with van der Waals surface area (Å²) in [7, 11) is 0. The Morgan fingerprint density at radius 2 is 1.72 bits per heavy atom. The molecule has 0 saturated carbocycles. The third-order valence-corrected chi connectivity index (χ3v) is 5.75. The van der Waals surface area contributed by atoms with Crippen molar-refractivity contribution in [1.82, 2.24) is 10.2 Å². The van der Waals surface area contributed by atoms with Gasteiger partial charge in [-0.2, -0.15) is 0 Å². The molecule has 0 aliphatic carbocycles. The monoisotopic (exact) mass is 438 g/mol. The Labute approximate surface area is 188 Å². The Morgan fingerprint density at radius 3 is 2.41 bits per heavy atom. The topological polar surface area (TPSA) is 84.9 Å². The third-order valence-electron chi connectivity index (χ3n) is 5.75. The standard InChI is InChI=1S/C25H30N2O5/c1-16-8-9-17(2)24(18(16)3)31-15-23(29)27-12-10-21(11-13-27)26-25(30)20-6-5-7-22(14-20)32-19(4)28/h5-9,14,21H,10-13,15H2,1-4H3,(H,26,30). The van der Waals surface area contributed by atoms with Crippen LogP contribution >= 0.6 is 0 Å². The van der Waals surface area contributed by atoms with Crippen LogP contribution in [0.1, 0.15) is 46.8 Å². The molecule has 1 fully saturated rings. The summed E-state index contributed by atoms with van der Waals surface area (Å²) in [5.41, 5.74) is 3.63. The minimum absolute atomic E-state index is 0.00506. The van der Waals surface area contributed by atoms with Crippen LogP contribution in [-0.4, -0.2) is 48.4 Å². The predicted molar refractivity (Wildman–Crippen MR) is 121 cm³/mol. The van der Waals surface area contributed by atoms with E-state index in [1.54, 1.807) is 29.2 Å². The molecule has 0 aromatic heterocycles. The van der Waals surface area contributed by atoms with Crippen LogP contribution in [0.4, 0.5) is 0 Å². The molecule has 1 saturated heterocycles. The number of hydrogen-bond donors (Lipinski definition) is 1. The molecule has 2 aromatic carbocycles. The summed E-state index contributed by atoms with van der Waals surface area (Å²) in [6.07, 6.45) is 1.34. The number of nitrogens with one attached hydrogen (secondary N) is 1. The normalized spacial score (nSPS) is 14.1. The summed E-state index contributed by atoms with van der Waals surface area (Å²) in [6, 6.07) is 10.5. The van der Waals surface area contributed by atoms with Crippen molar-refractivity contribution in [2.45, 2.75) is 46.6 Å². The molecule has 0 bridgehead atoms. The van der Waals surface area contributed by atoms with Crippen LogP contribution in [0.15, 0.2) is 36.4 Å². The zero-order valence-electron chi connectivity index (χ0n) is 19.1. The van der Waals surface area contributed by atoms with Gasteiger partial charge in [0.1, 0.15) is 11.5 Å². The highest BCUT2D eigenvalue weighted by atomic mass is 16.5. The van der Waals surface area contributed by atoms with E-state index in [0.29, 0.717) is 37.2 Å². The molecule has 0 radical (unpaired) electrons. The maximum absolute atomic E-state index is 12.6. The molecule has 0 unspecified atom stereocenters. The second-order valence-electron chi connectivity index (χ2n) is 8.19.